The van der Waals surface area contributed by atoms with Crippen LogP contribution in [0.5, 0.6) is 11.5 Å². The van der Waals surface area contributed by atoms with Crippen LogP contribution < -0.4 is 14.8 Å². The van der Waals surface area contributed by atoms with E-state index in [1.807, 2.05) is 0 Å². The number of amides is 1. The number of hydrogen-bond donors (Lipinski definition) is 2. The molecule has 0 unspecified atom stereocenters. The third-order valence-corrected chi connectivity index (χ3v) is 2.38. The number of carbonyl (C=O) groups excluding carboxylic acids is 1. The van der Waals surface area contributed by atoms with Crippen molar-refractivity contribution in [2.45, 2.75) is 6.61 Å². The summed E-state index contributed by atoms with van der Waals surface area (Å²) in [4.78, 5) is 11.1. The zero-order valence-electron chi connectivity index (χ0n) is 9.62. The number of halogens is 1. The summed E-state index contributed by atoms with van der Waals surface area (Å²) in [6.07, 6.45) is 0. The van der Waals surface area contributed by atoms with Crippen molar-refractivity contribution in [2.75, 3.05) is 20.8 Å². The summed E-state index contributed by atoms with van der Waals surface area (Å²) in [5.41, 5.74) is 0.610. The van der Waals surface area contributed by atoms with Crippen LogP contribution in [0.25, 0.3) is 0 Å². The number of aliphatic hydroxyl groups excluding tert-OH is 1. The van der Waals surface area contributed by atoms with E-state index in [0.29, 0.717) is 11.3 Å². The van der Waals surface area contributed by atoms with Crippen LogP contribution in [-0.2, 0) is 11.4 Å². The lowest BCUT2D eigenvalue weighted by Gasteiger charge is -2.13. The van der Waals surface area contributed by atoms with E-state index in [1.165, 1.54) is 14.2 Å². The van der Waals surface area contributed by atoms with Gasteiger partial charge in [0.1, 0.15) is 0 Å². The molecule has 1 aromatic carbocycles. The average Bonchev–Trinajstić information content (AvgIpc) is 2.35. The van der Waals surface area contributed by atoms with Crippen LogP contribution >= 0.6 is 11.6 Å². The van der Waals surface area contributed by atoms with Crippen LogP contribution in [0.1, 0.15) is 5.56 Å². The molecule has 0 spiro atoms. The molecule has 0 aromatic heterocycles. The van der Waals surface area contributed by atoms with Crippen LogP contribution in [0.15, 0.2) is 12.1 Å². The lowest BCUT2D eigenvalue weighted by molar-refractivity contribution is -0.122. The van der Waals surface area contributed by atoms with E-state index in [9.17, 15) is 4.79 Å². The quantitative estimate of drug-likeness (QED) is 0.827. The molecule has 0 bridgehead atoms. The molecule has 0 heterocycles. The lowest BCUT2D eigenvalue weighted by atomic mass is 10.2. The van der Waals surface area contributed by atoms with Crippen LogP contribution in [-0.4, -0.2) is 31.8 Å². The van der Waals surface area contributed by atoms with Crippen molar-refractivity contribution in [2.24, 2.45) is 0 Å². The van der Waals surface area contributed by atoms with Crippen LogP contribution in [0.2, 0.25) is 5.02 Å². The smallest absolute Gasteiger partial charge is 0.257 e. The predicted molar refractivity (Wildman–Crippen MR) is 63.5 cm³/mol. The molecule has 0 atom stereocenters. The van der Waals surface area contributed by atoms with Crippen molar-refractivity contribution in [1.82, 2.24) is 5.32 Å². The highest BCUT2D eigenvalue weighted by Gasteiger charge is 2.13. The first-order chi connectivity index (χ1) is 8.12. The molecular formula is C11H14ClNO4. The standard InChI is InChI=1S/C11H14ClNO4/c1-13-10(15)6-17-11-8(12)3-7(5-14)4-9(11)16-2/h3-4,14H,5-6H2,1-2H3,(H,13,15). The zero-order chi connectivity index (χ0) is 12.8. The van der Waals surface area contributed by atoms with E-state index >= 15 is 0 Å². The van der Waals surface area contributed by atoms with E-state index in [0.717, 1.165) is 0 Å². The van der Waals surface area contributed by atoms with Crippen molar-refractivity contribution < 1.29 is 19.4 Å². The Morgan fingerprint density at radius 3 is 2.76 bits per heavy atom. The van der Waals surface area contributed by atoms with Crippen LogP contribution in [0.4, 0.5) is 0 Å². The number of carbonyl (C=O) groups is 1. The van der Waals surface area contributed by atoms with Crippen LogP contribution in [0.3, 0.4) is 0 Å². The van der Waals surface area contributed by atoms with Gasteiger partial charge in [-0.3, -0.25) is 4.79 Å². The summed E-state index contributed by atoms with van der Waals surface area (Å²) >= 11 is 5.97. The minimum atomic E-state index is -0.269. The Hall–Kier alpha value is -1.46. The Morgan fingerprint density at radius 1 is 1.53 bits per heavy atom. The summed E-state index contributed by atoms with van der Waals surface area (Å²) in [5.74, 6) is 0.398. The monoisotopic (exact) mass is 259 g/mol. The molecule has 0 aliphatic heterocycles. The maximum atomic E-state index is 11.1. The van der Waals surface area contributed by atoms with Gasteiger partial charge in [-0.25, -0.2) is 0 Å². The molecule has 0 fully saturated rings. The highest BCUT2D eigenvalue weighted by atomic mass is 35.5. The summed E-state index contributed by atoms with van der Waals surface area (Å²) in [5, 5.41) is 11.7. The Labute approximate surface area is 104 Å². The first kappa shape index (κ1) is 13.6. The maximum Gasteiger partial charge on any atom is 0.257 e. The van der Waals surface area contributed by atoms with Gasteiger partial charge in [-0.2, -0.15) is 0 Å². The zero-order valence-corrected chi connectivity index (χ0v) is 10.4. The van der Waals surface area contributed by atoms with Gasteiger partial charge >= 0.3 is 0 Å². The third kappa shape index (κ3) is 3.51. The van der Waals surface area contributed by atoms with Gasteiger partial charge < -0.3 is 19.9 Å². The van der Waals surface area contributed by atoms with Gasteiger partial charge in [-0.05, 0) is 17.7 Å². The summed E-state index contributed by atoms with van der Waals surface area (Å²) in [7, 11) is 2.97. The molecule has 1 amide bonds. The highest BCUT2D eigenvalue weighted by Crippen LogP contribution is 2.36. The maximum absolute atomic E-state index is 11.1. The second-order valence-corrected chi connectivity index (χ2v) is 3.64. The minimum Gasteiger partial charge on any atom is -0.493 e. The Balaban J connectivity index is 2.93. The second kappa shape index (κ2) is 6.32. The van der Waals surface area contributed by atoms with Crippen molar-refractivity contribution in [3.63, 3.8) is 0 Å². The van der Waals surface area contributed by atoms with E-state index in [1.54, 1.807) is 12.1 Å². The molecule has 1 rings (SSSR count). The Kier molecular flexibility index (Phi) is 5.06. The number of aliphatic hydroxyl groups is 1. The second-order valence-electron chi connectivity index (χ2n) is 3.23. The Bertz CT molecular complexity index is 409. The SMILES string of the molecule is CNC(=O)COc1c(Cl)cc(CO)cc1OC. The largest absolute Gasteiger partial charge is 0.493 e. The van der Waals surface area contributed by atoms with Gasteiger partial charge in [-0.15, -0.1) is 0 Å². The molecule has 0 saturated carbocycles. The van der Waals surface area contributed by atoms with Crippen molar-refractivity contribution in [1.29, 1.82) is 0 Å². The molecule has 0 saturated heterocycles. The fraction of sp³-hybridized carbons (Fsp3) is 0.364. The number of ether oxygens (including phenoxy) is 2. The predicted octanol–water partition coefficient (Wildman–Crippen LogP) is 0.966. The number of nitrogens with one attached hydrogen (secondary N) is 1. The van der Waals surface area contributed by atoms with Crippen molar-refractivity contribution in [3.05, 3.63) is 22.7 Å². The van der Waals surface area contributed by atoms with E-state index in [-0.39, 0.29) is 29.9 Å². The molecule has 6 heteroatoms. The van der Waals surface area contributed by atoms with Crippen molar-refractivity contribution in [3.8, 4) is 11.5 Å². The first-order valence-corrected chi connectivity index (χ1v) is 5.30. The molecule has 1 aromatic rings. The van der Waals surface area contributed by atoms with Gasteiger partial charge in [0, 0.05) is 7.05 Å². The summed E-state index contributed by atoms with van der Waals surface area (Å²) < 4.78 is 10.3. The van der Waals surface area contributed by atoms with Gasteiger partial charge in [0.15, 0.2) is 18.1 Å². The summed E-state index contributed by atoms with van der Waals surface area (Å²) in [6, 6.07) is 3.16. The highest BCUT2D eigenvalue weighted by molar-refractivity contribution is 6.32. The van der Waals surface area contributed by atoms with Gasteiger partial charge in [0.05, 0.1) is 18.7 Å². The third-order valence-electron chi connectivity index (χ3n) is 2.10. The van der Waals surface area contributed by atoms with E-state index < -0.39 is 0 Å². The van der Waals surface area contributed by atoms with Crippen molar-refractivity contribution >= 4 is 17.5 Å². The number of rotatable bonds is 5. The van der Waals surface area contributed by atoms with E-state index in [4.69, 9.17) is 26.2 Å². The summed E-state index contributed by atoms with van der Waals surface area (Å²) in [6.45, 7) is -0.295. The minimum absolute atomic E-state index is 0.147. The topological polar surface area (TPSA) is 67.8 Å². The number of hydrogen-bond acceptors (Lipinski definition) is 4. The molecule has 0 aliphatic rings. The number of benzene rings is 1. The molecule has 2 N–H and O–H groups in total. The van der Waals surface area contributed by atoms with Gasteiger partial charge in [-0.1, -0.05) is 11.6 Å². The molecule has 0 radical (unpaired) electrons. The molecule has 0 aliphatic carbocycles. The fourth-order valence-corrected chi connectivity index (χ4v) is 1.50. The van der Waals surface area contributed by atoms with E-state index in [2.05, 4.69) is 5.32 Å². The fourth-order valence-electron chi connectivity index (χ4n) is 1.21. The van der Waals surface area contributed by atoms with Crippen LogP contribution in [0, 0.1) is 0 Å². The number of methoxy groups -OCH3 is 1. The lowest BCUT2D eigenvalue weighted by Crippen LogP contribution is -2.25. The Morgan fingerprint density at radius 2 is 2.24 bits per heavy atom. The molecule has 94 valence electrons. The van der Waals surface area contributed by atoms with Gasteiger partial charge in [0.25, 0.3) is 5.91 Å². The average molecular weight is 260 g/mol. The normalized spacial score (nSPS) is 9.88. The molecule has 5 nitrogen and oxygen atoms in total. The molecule has 17 heavy (non-hydrogen) atoms. The molecular weight excluding hydrogens is 246 g/mol. The first-order valence-electron chi connectivity index (χ1n) is 4.93. The van der Waals surface area contributed by atoms with Gasteiger partial charge in [0.2, 0.25) is 0 Å². The number of likely N-dealkylation sites (N-methyl/N-ethyl adjacent to an activating group) is 1.